The van der Waals surface area contributed by atoms with Gasteiger partial charge in [-0.15, -0.1) is 11.8 Å². The van der Waals surface area contributed by atoms with E-state index in [2.05, 4.69) is 41.8 Å². The maximum absolute atomic E-state index is 2.29. The van der Waals surface area contributed by atoms with Gasteiger partial charge in [-0.3, -0.25) is 0 Å². The lowest BCUT2D eigenvalue weighted by Gasteiger charge is -2.02. The zero-order valence-corrected chi connectivity index (χ0v) is 15.5. The normalized spacial score (nSPS) is 10.6. The third kappa shape index (κ3) is 12.1. The second-order valence-electron chi connectivity index (χ2n) is 5.81. The lowest BCUT2D eigenvalue weighted by Crippen LogP contribution is -3.00. The van der Waals surface area contributed by atoms with Crippen molar-refractivity contribution in [1.29, 1.82) is 0 Å². The molecule has 124 valence electrons. The highest BCUT2D eigenvalue weighted by molar-refractivity contribution is 7.98. The summed E-state index contributed by atoms with van der Waals surface area (Å²) in [7, 11) is 2.07. The van der Waals surface area contributed by atoms with Crippen LogP contribution >= 0.6 is 11.8 Å². The van der Waals surface area contributed by atoms with E-state index in [9.17, 15) is 0 Å². The van der Waals surface area contributed by atoms with Crippen LogP contribution in [0.1, 0.15) is 71.1 Å². The molecule has 0 aliphatic carbocycles. The highest BCUT2D eigenvalue weighted by Crippen LogP contribution is 2.13. The van der Waals surface area contributed by atoms with Crippen LogP contribution in [0.2, 0.25) is 0 Å². The van der Waals surface area contributed by atoms with E-state index in [0.717, 1.165) is 5.88 Å². The zero-order chi connectivity index (χ0) is 14.5. The maximum Gasteiger partial charge on any atom is 0.244 e. The van der Waals surface area contributed by atoms with E-state index < -0.39 is 0 Å². The van der Waals surface area contributed by atoms with Crippen molar-refractivity contribution in [1.82, 2.24) is 4.57 Å². The topological polar surface area (TPSA) is 8.81 Å². The molecule has 0 fully saturated rings. The van der Waals surface area contributed by atoms with Crippen molar-refractivity contribution in [3.8, 4) is 0 Å². The van der Waals surface area contributed by atoms with Gasteiger partial charge in [0, 0.05) is 0 Å². The second kappa shape index (κ2) is 14.8. The van der Waals surface area contributed by atoms with Crippen LogP contribution in [0, 0.1) is 0 Å². The highest BCUT2D eigenvalue weighted by Gasteiger charge is 1.99. The summed E-state index contributed by atoms with van der Waals surface area (Å²) in [5.74, 6) is 2.40. The molecule has 21 heavy (non-hydrogen) atoms. The Labute approximate surface area is 142 Å². The fraction of sp³-hybridized carbons (Fsp3) is 0.824. The molecule has 0 amide bonds. The molecule has 1 aromatic rings. The summed E-state index contributed by atoms with van der Waals surface area (Å²) < 4.78 is 4.35. The van der Waals surface area contributed by atoms with Crippen molar-refractivity contribution in [3.05, 3.63) is 18.7 Å². The molecule has 0 unspecified atom stereocenters. The number of aryl methyl sites for hydroxylation is 1. The molecule has 0 N–H and O–H groups in total. The van der Waals surface area contributed by atoms with Crippen LogP contribution in [0.4, 0.5) is 0 Å². The van der Waals surface area contributed by atoms with Gasteiger partial charge in [0.25, 0.3) is 0 Å². The van der Waals surface area contributed by atoms with Crippen LogP contribution in [-0.4, -0.2) is 10.3 Å². The summed E-state index contributed by atoms with van der Waals surface area (Å²) in [6.45, 7) is 2.29. The third-order valence-corrected chi connectivity index (χ3v) is 4.76. The number of nitrogens with zero attached hydrogens (tertiary/aromatic N) is 2. The van der Waals surface area contributed by atoms with Gasteiger partial charge in [-0.05, 0) is 12.2 Å². The van der Waals surface area contributed by atoms with E-state index in [0.29, 0.717) is 0 Å². The minimum absolute atomic E-state index is 0. The third-order valence-electron chi connectivity index (χ3n) is 3.71. The smallest absolute Gasteiger partial charge is 0.244 e. The Morgan fingerprint density at radius 1 is 0.905 bits per heavy atom. The van der Waals surface area contributed by atoms with Crippen LogP contribution in [0.15, 0.2) is 18.7 Å². The molecule has 0 radical (unpaired) electrons. The van der Waals surface area contributed by atoms with Crippen molar-refractivity contribution in [3.63, 3.8) is 0 Å². The summed E-state index contributed by atoms with van der Waals surface area (Å²) >= 11 is 2.05. The van der Waals surface area contributed by atoms with Crippen molar-refractivity contribution in [2.45, 2.75) is 77.0 Å². The van der Waals surface area contributed by atoms with Gasteiger partial charge < -0.3 is 12.4 Å². The fourth-order valence-electron chi connectivity index (χ4n) is 2.44. The predicted molar refractivity (Wildman–Crippen MR) is 89.9 cm³/mol. The number of halogens is 1. The van der Waals surface area contributed by atoms with Crippen molar-refractivity contribution in [2.75, 3.05) is 5.75 Å². The molecule has 1 rings (SSSR count). The first-order valence-electron chi connectivity index (χ1n) is 8.41. The minimum Gasteiger partial charge on any atom is -1.00 e. The molecular weight excluding hydrogens is 300 g/mol. The average Bonchev–Trinajstić information content (AvgIpc) is 2.86. The number of rotatable bonds is 13. The molecular formula is C17H33ClN2S. The number of hydrogen-bond donors (Lipinski definition) is 0. The Balaban J connectivity index is 0.00000400. The molecule has 0 aromatic carbocycles. The van der Waals surface area contributed by atoms with Crippen LogP contribution in [-0.2, 0) is 12.9 Å². The van der Waals surface area contributed by atoms with E-state index >= 15 is 0 Å². The first-order chi connectivity index (χ1) is 9.83. The van der Waals surface area contributed by atoms with Gasteiger partial charge in [0.2, 0.25) is 6.33 Å². The molecule has 0 aliphatic rings. The molecule has 0 saturated carbocycles. The van der Waals surface area contributed by atoms with E-state index in [4.69, 9.17) is 0 Å². The highest BCUT2D eigenvalue weighted by atomic mass is 35.5. The standard InChI is InChI=1S/C17H33N2S.ClH/c1-3-4-5-6-7-8-9-10-11-12-15-20-17-19-14-13-18(2)16-19;/h13-14,16H,3-12,15,17H2,1-2H3;1H/q+1;/p-1. The lowest BCUT2D eigenvalue weighted by atomic mass is 10.1. The molecule has 0 spiro atoms. The van der Waals surface area contributed by atoms with E-state index in [1.165, 1.54) is 70.0 Å². The number of hydrogen-bond acceptors (Lipinski definition) is 1. The van der Waals surface area contributed by atoms with Gasteiger partial charge in [-0.2, -0.15) is 0 Å². The quantitative estimate of drug-likeness (QED) is 0.396. The Morgan fingerprint density at radius 3 is 2.00 bits per heavy atom. The SMILES string of the molecule is CCCCCCCCCCCCSCn1cc[n+](C)c1.[Cl-]. The fourth-order valence-corrected chi connectivity index (χ4v) is 3.34. The molecule has 2 nitrogen and oxygen atoms in total. The van der Waals surface area contributed by atoms with Gasteiger partial charge in [0.1, 0.15) is 18.3 Å². The van der Waals surface area contributed by atoms with E-state index in [1.54, 1.807) is 0 Å². The summed E-state index contributed by atoms with van der Waals surface area (Å²) in [4.78, 5) is 0. The van der Waals surface area contributed by atoms with Gasteiger partial charge in [0.15, 0.2) is 0 Å². The number of thioether (sulfide) groups is 1. The predicted octanol–water partition coefficient (Wildman–Crippen LogP) is 1.93. The molecule has 4 heteroatoms. The van der Waals surface area contributed by atoms with E-state index in [1.807, 2.05) is 11.8 Å². The van der Waals surface area contributed by atoms with Crippen LogP contribution in [0.25, 0.3) is 0 Å². The van der Waals surface area contributed by atoms with Crippen molar-refractivity contribution in [2.24, 2.45) is 7.05 Å². The molecule has 1 heterocycles. The average molecular weight is 333 g/mol. The Kier molecular flexibility index (Phi) is 14.7. The van der Waals surface area contributed by atoms with E-state index in [-0.39, 0.29) is 12.4 Å². The summed E-state index contributed by atoms with van der Waals surface area (Å²) in [5, 5.41) is 0. The largest absolute Gasteiger partial charge is 1.00 e. The van der Waals surface area contributed by atoms with Crippen molar-refractivity contribution >= 4 is 11.8 Å². The summed E-state index contributed by atoms with van der Waals surface area (Å²) in [6.07, 6.45) is 20.7. The summed E-state index contributed by atoms with van der Waals surface area (Å²) in [6, 6.07) is 0. The van der Waals surface area contributed by atoms with Gasteiger partial charge >= 0.3 is 0 Å². The Hall–Kier alpha value is -0.150. The number of unbranched alkanes of at least 4 members (excludes halogenated alkanes) is 9. The lowest BCUT2D eigenvalue weighted by molar-refractivity contribution is -0.670. The Morgan fingerprint density at radius 2 is 1.48 bits per heavy atom. The minimum atomic E-state index is 0. The Bertz CT molecular complexity index is 328. The molecule has 0 aliphatic heterocycles. The van der Waals surface area contributed by atoms with Gasteiger partial charge in [-0.1, -0.05) is 64.7 Å². The first-order valence-corrected chi connectivity index (χ1v) is 9.57. The zero-order valence-electron chi connectivity index (χ0n) is 13.9. The van der Waals surface area contributed by atoms with Crippen LogP contribution in [0.3, 0.4) is 0 Å². The van der Waals surface area contributed by atoms with Crippen molar-refractivity contribution < 1.29 is 17.0 Å². The number of aromatic nitrogens is 2. The maximum atomic E-state index is 2.29. The van der Waals surface area contributed by atoms with Gasteiger partial charge in [-0.25, -0.2) is 9.13 Å². The molecule has 1 aromatic heterocycles. The summed E-state index contributed by atoms with van der Waals surface area (Å²) in [5.41, 5.74) is 0. The van der Waals surface area contributed by atoms with Gasteiger partial charge in [0.05, 0.1) is 7.05 Å². The second-order valence-corrected chi connectivity index (χ2v) is 6.89. The monoisotopic (exact) mass is 332 g/mol. The van der Waals surface area contributed by atoms with Crippen LogP contribution in [0.5, 0.6) is 0 Å². The van der Waals surface area contributed by atoms with Crippen LogP contribution < -0.4 is 17.0 Å². The first kappa shape index (κ1) is 20.9. The number of imidazole rings is 1. The molecule has 0 bridgehead atoms. The molecule has 0 saturated heterocycles. The molecule has 0 atom stereocenters.